The molecule has 6 nitrogen and oxygen atoms in total. The predicted octanol–water partition coefficient (Wildman–Crippen LogP) is 2.24. The maximum absolute atomic E-state index is 12.6. The Kier molecular flexibility index (Phi) is 3.64. The lowest BCUT2D eigenvalue weighted by atomic mass is 9.95. The van der Waals surface area contributed by atoms with E-state index in [9.17, 15) is 4.79 Å². The van der Waals surface area contributed by atoms with Crippen LogP contribution in [0.3, 0.4) is 0 Å². The normalized spacial score (nSPS) is 18.4. The van der Waals surface area contributed by atoms with Crippen molar-refractivity contribution in [1.29, 1.82) is 0 Å². The van der Waals surface area contributed by atoms with Crippen molar-refractivity contribution in [1.82, 2.24) is 24.2 Å². The van der Waals surface area contributed by atoms with Crippen LogP contribution in [0.4, 0.5) is 0 Å². The highest BCUT2D eigenvalue weighted by Gasteiger charge is 2.30. The molecule has 0 N–H and O–H groups in total. The van der Waals surface area contributed by atoms with Gasteiger partial charge in [0.15, 0.2) is 0 Å². The lowest BCUT2D eigenvalue weighted by Gasteiger charge is -2.31. The summed E-state index contributed by atoms with van der Waals surface area (Å²) in [7, 11) is 1.85. The minimum atomic E-state index is 0.0596. The van der Waals surface area contributed by atoms with E-state index in [1.807, 2.05) is 11.9 Å². The average Bonchev–Trinajstić information content (AvgIpc) is 3.22. The fourth-order valence-electron chi connectivity index (χ4n) is 3.71. The number of aromatic nitrogens is 4. The van der Waals surface area contributed by atoms with Crippen molar-refractivity contribution in [2.75, 3.05) is 13.1 Å². The third-order valence-electron chi connectivity index (χ3n) is 4.98. The fraction of sp³-hybridized carbons (Fsp3) is 0.562. The summed E-state index contributed by atoms with van der Waals surface area (Å²) in [4.78, 5) is 14.5. The number of halogens is 1. The lowest BCUT2D eigenvalue weighted by molar-refractivity contribution is 0.0700. The van der Waals surface area contributed by atoms with E-state index in [4.69, 9.17) is 11.6 Å². The molecule has 122 valence electrons. The Labute approximate surface area is 140 Å². The van der Waals surface area contributed by atoms with Crippen LogP contribution in [0.5, 0.6) is 0 Å². The summed E-state index contributed by atoms with van der Waals surface area (Å²) in [5.74, 6) is 2.71. The first-order chi connectivity index (χ1) is 11.1. The first-order valence-electron chi connectivity index (χ1n) is 8.16. The number of amides is 1. The molecule has 0 aliphatic carbocycles. The Bertz CT molecular complexity index is 742. The molecule has 2 aromatic heterocycles. The van der Waals surface area contributed by atoms with Crippen LogP contribution in [0.25, 0.3) is 0 Å². The molecule has 7 heteroatoms. The second-order valence-electron chi connectivity index (χ2n) is 6.45. The van der Waals surface area contributed by atoms with Crippen LogP contribution >= 0.6 is 11.6 Å². The number of hydrogen-bond acceptors (Lipinski definition) is 3. The molecule has 23 heavy (non-hydrogen) atoms. The van der Waals surface area contributed by atoms with Gasteiger partial charge in [0.2, 0.25) is 0 Å². The van der Waals surface area contributed by atoms with Gasteiger partial charge in [-0.1, -0.05) is 11.6 Å². The number of carbonyl (C=O) groups is 1. The van der Waals surface area contributed by atoms with Crippen LogP contribution in [0.1, 0.15) is 47.3 Å². The van der Waals surface area contributed by atoms with Crippen molar-refractivity contribution in [2.24, 2.45) is 7.05 Å². The average molecular weight is 334 g/mol. The molecule has 1 amide bonds. The second kappa shape index (κ2) is 5.67. The summed E-state index contributed by atoms with van der Waals surface area (Å²) in [6.07, 6.45) is 5.87. The van der Waals surface area contributed by atoms with Gasteiger partial charge in [0.25, 0.3) is 5.91 Å². The van der Waals surface area contributed by atoms with Gasteiger partial charge in [-0.3, -0.25) is 4.79 Å². The quantitative estimate of drug-likeness (QED) is 0.847. The molecular formula is C16H20ClN5O. The van der Waals surface area contributed by atoms with Crippen LogP contribution in [-0.4, -0.2) is 43.2 Å². The summed E-state index contributed by atoms with van der Waals surface area (Å²) in [6, 6.07) is 1.74. The molecule has 1 saturated heterocycles. The van der Waals surface area contributed by atoms with E-state index in [1.54, 1.807) is 16.8 Å². The minimum absolute atomic E-state index is 0.0596. The smallest absolute Gasteiger partial charge is 0.270 e. The van der Waals surface area contributed by atoms with Gasteiger partial charge >= 0.3 is 0 Å². The number of rotatable bonds is 2. The summed E-state index contributed by atoms with van der Waals surface area (Å²) in [5, 5.41) is 9.30. The van der Waals surface area contributed by atoms with E-state index in [2.05, 4.69) is 14.8 Å². The topological polar surface area (TPSA) is 56.0 Å². The molecule has 2 aromatic rings. The molecule has 2 aliphatic rings. The predicted molar refractivity (Wildman–Crippen MR) is 86.6 cm³/mol. The van der Waals surface area contributed by atoms with Gasteiger partial charge in [-0.05, 0) is 25.3 Å². The van der Waals surface area contributed by atoms with E-state index in [0.717, 1.165) is 50.5 Å². The molecule has 0 unspecified atom stereocenters. The summed E-state index contributed by atoms with van der Waals surface area (Å²) >= 11 is 5.98. The zero-order valence-corrected chi connectivity index (χ0v) is 14.0. The minimum Gasteiger partial charge on any atom is -0.345 e. The van der Waals surface area contributed by atoms with Gasteiger partial charge < -0.3 is 14.0 Å². The third-order valence-corrected chi connectivity index (χ3v) is 5.18. The molecule has 0 spiro atoms. The zero-order valence-electron chi connectivity index (χ0n) is 13.2. The number of piperidine rings is 1. The van der Waals surface area contributed by atoms with Gasteiger partial charge in [0.05, 0.1) is 5.02 Å². The first-order valence-corrected chi connectivity index (χ1v) is 8.54. The van der Waals surface area contributed by atoms with Crippen molar-refractivity contribution >= 4 is 17.5 Å². The van der Waals surface area contributed by atoms with E-state index in [-0.39, 0.29) is 5.91 Å². The SMILES string of the molecule is Cn1cc(Cl)cc1C(=O)N1CCC(c2nnc3n2CCC3)CC1. The summed E-state index contributed by atoms with van der Waals surface area (Å²) in [6.45, 7) is 2.56. The molecule has 0 atom stereocenters. The van der Waals surface area contributed by atoms with Crippen molar-refractivity contribution < 1.29 is 4.79 Å². The van der Waals surface area contributed by atoms with Crippen molar-refractivity contribution in [3.63, 3.8) is 0 Å². The Morgan fingerprint density at radius 1 is 1.26 bits per heavy atom. The van der Waals surface area contributed by atoms with E-state index >= 15 is 0 Å². The van der Waals surface area contributed by atoms with E-state index in [1.165, 1.54) is 6.42 Å². The molecule has 2 aliphatic heterocycles. The zero-order chi connectivity index (χ0) is 16.0. The standard InChI is InChI=1S/C16H20ClN5O/c1-20-10-12(17)9-13(20)16(23)21-7-4-11(5-8-21)15-19-18-14-3-2-6-22(14)15/h9-11H,2-8H2,1H3. The summed E-state index contributed by atoms with van der Waals surface area (Å²) < 4.78 is 4.07. The molecule has 4 rings (SSSR count). The number of carbonyl (C=O) groups excluding carboxylic acids is 1. The van der Waals surface area contributed by atoms with Gasteiger partial charge in [-0.15, -0.1) is 10.2 Å². The maximum atomic E-state index is 12.6. The highest BCUT2D eigenvalue weighted by Crippen LogP contribution is 2.30. The van der Waals surface area contributed by atoms with Crippen LogP contribution in [0, 0.1) is 0 Å². The summed E-state index contributed by atoms with van der Waals surface area (Å²) in [5.41, 5.74) is 0.650. The van der Waals surface area contributed by atoms with Crippen LogP contribution in [0.2, 0.25) is 5.02 Å². The highest BCUT2D eigenvalue weighted by atomic mass is 35.5. The van der Waals surface area contributed by atoms with Crippen molar-refractivity contribution in [2.45, 2.75) is 38.1 Å². The first kappa shape index (κ1) is 14.8. The Balaban J connectivity index is 1.45. The van der Waals surface area contributed by atoms with Crippen LogP contribution in [-0.2, 0) is 20.0 Å². The monoisotopic (exact) mass is 333 g/mol. The van der Waals surface area contributed by atoms with E-state index in [0.29, 0.717) is 16.6 Å². The number of hydrogen-bond donors (Lipinski definition) is 0. The second-order valence-corrected chi connectivity index (χ2v) is 6.89. The number of aryl methyl sites for hydroxylation is 2. The molecule has 0 aromatic carbocycles. The Morgan fingerprint density at radius 3 is 2.74 bits per heavy atom. The highest BCUT2D eigenvalue weighted by molar-refractivity contribution is 6.31. The molecule has 0 bridgehead atoms. The Hall–Kier alpha value is -1.82. The molecule has 0 radical (unpaired) electrons. The fourth-order valence-corrected chi connectivity index (χ4v) is 3.96. The number of nitrogens with zero attached hydrogens (tertiary/aromatic N) is 5. The van der Waals surface area contributed by atoms with Gasteiger partial charge in [0.1, 0.15) is 17.3 Å². The van der Waals surface area contributed by atoms with Gasteiger partial charge in [-0.2, -0.15) is 0 Å². The molecule has 4 heterocycles. The van der Waals surface area contributed by atoms with Crippen molar-refractivity contribution in [3.8, 4) is 0 Å². The van der Waals surface area contributed by atoms with Crippen LogP contribution < -0.4 is 0 Å². The molecule has 1 fully saturated rings. The maximum Gasteiger partial charge on any atom is 0.270 e. The number of fused-ring (bicyclic) bond motifs is 1. The molecule has 0 saturated carbocycles. The van der Waals surface area contributed by atoms with Crippen LogP contribution in [0.15, 0.2) is 12.3 Å². The largest absolute Gasteiger partial charge is 0.345 e. The molecular weight excluding hydrogens is 314 g/mol. The van der Waals surface area contributed by atoms with Gasteiger partial charge in [0, 0.05) is 45.2 Å². The number of likely N-dealkylation sites (tertiary alicyclic amines) is 1. The lowest BCUT2D eigenvalue weighted by Crippen LogP contribution is -2.39. The van der Waals surface area contributed by atoms with Gasteiger partial charge in [-0.25, -0.2) is 0 Å². The Morgan fingerprint density at radius 2 is 2.04 bits per heavy atom. The van der Waals surface area contributed by atoms with E-state index < -0.39 is 0 Å². The van der Waals surface area contributed by atoms with Crippen molar-refractivity contribution in [3.05, 3.63) is 34.6 Å². The third kappa shape index (κ3) is 2.55.